The third kappa shape index (κ3) is 5.75. The predicted octanol–water partition coefficient (Wildman–Crippen LogP) is 2.60. The number of carbonyl (C=O) groups is 1. The molecule has 1 fully saturated rings. The van der Waals surface area contributed by atoms with Gasteiger partial charge in [0.1, 0.15) is 12.3 Å². The fourth-order valence-corrected chi connectivity index (χ4v) is 3.53. The maximum atomic E-state index is 12.1. The van der Waals surface area contributed by atoms with Gasteiger partial charge in [-0.05, 0) is 43.0 Å². The van der Waals surface area contributed by atoms with Crippen molar-refractivity contribution in [2.24, 2.45) is 0 Å². The fourth-order valence-electron chi connectivity index (χ4n) is 3.35. The lowest BCUT2D eigenvalue weighted by Crippen LogP contribution is -3.11. The molecule has 1 saturated heterocycles. The van der Waals surface area contributed by atoms with Gasteiger partial charge < -0.3 is 15.0 Å². The molecule has 0 saturated carbocycles. The molecule has 2 N–H and O–H groups in total. The van der Waals surface area contributed by atoms with Gasteiger partial charge in [0.05, 0.1) is 13.1 Å². The fraction of sp³-hybridized carbons (Fsp3) is 0.381. The summed E-state index contributed by atoms with van der Waals surface area (Å²) in [6, 6.07) is 15.4. The van der Waals surface area contributed by atoms with Crippen molar-refractivity contribution in [2.45, 2.75) is 32.4 Å². The van der Waals surface area contributed by atoms with Gasteiger partial charge in [-0.1, -0.05) is 41.9 Å². The van der Waals surface area contributed by atoms with E-state index in [1.807, 2.05) is 6.07 Å². The normalized spacial score (nSPS) is 14.8. The Bertz CT molecular complexity index is 729. The Kier molecular flexibility index (Phi) is 6.92. The molecule has 5 heteroatoms. The number of hydrogen-bond donors (Lipinski definition) is 2. The Labute approximate surface area is 160 Å². The van der Waals surface area contributed by atoms with E-state index in [1.165, 1.54) is 43.5 Å². The van der Waals surface area contributed by atoms with E-state index in [4.69, 9.17) is 16.3 Å². The Morgan fingerprint density at radius 1 is 1.04 bits per heavy atom. The number of quaternary nitrogens is 1. The monoisotopic (exact) mass is 373 g/mol. The number of amides is 1. The lowest BCUT2D eigenvalue weighted by molar-refractivity contribution is -0.918. The number of hydrogen-bond acceptors (Lipinski definition) is 2. The second-order valence-corrected chi connectivity index (χ2v) is 7.22. The SMILES string of the molecule is O=C(COc1cccc(Cl)c1)NCc1ccccc1C[NH+]1CCCCC1. The average molecular weight is 374 g/mol. The van der Waals surface area contributed by atoms with Crippen LogP contribution in [-0.4, -0.2) is 25.6 Å². The van der Waals surface area contributed by atoms with Crippen molar-refractivity contribution in [3.63, 3.8) is 0 Å². The topological polar surface area (TPSA) is 42.8 Å². The van der Waals surface area contributed by atoms with Crippen LogP contribution in [0.2, 0.25) is 5.02 Å². The summed E-state index contributed by atoms with van der Waals surface area (Å²) in [4.78, 5) is 13.7. The largest absolute Gasteiger partial charge is 0.484 e. The molecule has 0 aromatic heterocycles. The van der Waals surface area contributed by atoms with Crippen molar-refractivity contribution in [2.75, 3.05) is 19.7 Å². The Morgan fingerprint density at radius 2 is 1.81 bits per heavy atom. The number of ether oxygens (including phenoxy) is 1. The highest BCUT2D eigenvalue weighted by Crippen LogP contribution is 2.16. The van der Waals surface area contributed by atoms with E-state index in [1.54, 1.807) is 29.2 Å². The van der Waals surface area contributed by atoms with E-state index in [-0.39, 0.29) is 12.5 Å². The third-order valence-electron chi connectivity index (χ3n) is 4.76. The van der Waals surface area contributed by atoms with E-state index < -0.39 is 0 Å². The maximum Gasteiger partial charge on any atom is 0.258 e. The number of piperidine rings is 1. The molecule has 138 valence electrons. The highest BCUT2D eigenvalue weighted by atomic mass is 35.5. The number of carbonyl (C=O) groups excluding carboxylic acids is 1. The van der Waals surface area contributed by atoms with Crippen molar-refractivity contribution >= 4 is 17.5 Å². The van der Waals surface area contributed by atoms with Crippen LogP contribution in [0.15, 0.2) is 48.5 Å². The van der Waals surface area contributed by atoms with Gasteiger partial charge >= 0.3 is 0 Å². The number of nitrogens with one attached hydrogen (secondary N) is 2. The zero-order valence-corrected chi connectivity index (χ0v) is 15.7. The van der Waals surface area contributed by atoms with Gasteiger partial charge in [0.15, 0.2) is 6.61 Å². The van der Waals surface area contributed by atoms with E-state index in [9.17, 15) is 4.79 Å². The smallest absolute Gasteiger partial charge is 0.258 e. The molecule has 1 aliphatic rings. The van der Waals surface area contributed by atoms with Crippen molar-refractivity contribution in [1.82, 2.24) is 5.32 Å². The molecule has 1 heterocycles. The minimum Gasteiger partial charge on any atom is -0.484 e. The van der Waals surface area contributed by atoms with Gasteiger partial charge in [0.2, 0.25) is 0 Å². The van der Waals surface area contributed by atoms with Crippen LogP contribution in [0.4, 0.5) is 0 Å². The van der Waals surface area contributed by atoms with Gasteiger partial charge in [-0.15, -0.1) is 0 Å². The van der Waals surface area contributed by atoms with Crippen molar-refractivity contribution in [3.8, 4) is 5.75 Å². The van der Waals surface area contributed by atoms with Crippen LogP contribution in [0.1, 0.15) is 30.4 Å². The van der Waals surface area contributed by atoms with E-state index in [0.29, 0.717) is 17.3 Å². The van der Waals surface area contributed by atoms with Crippen LogP contribution >= 0.6 is 11.6 Å². The molecule has 0 aliphatic carbocycles. The van der Waals surface area contributed by atoms with Crippen LogP contribution in [0.5, 0.6) is 5.75 Å². The number of likely N-dealkylation sites (tertiary alicyclic amines) is 1. The first-order chi connectivity index (χ1) is 12.7. The first-order valence-electron chi connectivity index (χ1n) is 9.26. The lowest BCUT2D eigenvalue weighted by atomic mass is 10.0. The Balaban J connectivity index is 1.50. The molecule has 2 aromatic rings. The zero-order valence-electron chi connectivity index (χ0n) is 15.0. The Hall–Kier alpha value is -2.04. The minimum atomic E-state index is -0.134. The number of halogens is 1. The van der Waals surface area contributed by atoms with Crippen LogP contribution in [0.25, 0.3) is 0 Å². The zero-order chi connectivity index (χ0) is 18.2. The number of benzene rings is 2. The van der Waals surface area contributed by atoms with Gasteiger partial charge in [0.25, 0.3) is 5.91 Å². The first kappa shape index (κ1) is 18.7. The van der Waals surface area contributed by atoms with Gasteiger partial charge in [0, 0.05) is 17.1 Å². The molecule has 1 aliphatic heterocycles. The highest BCUT2D eigenvalue weighted by molar-refractivity contribution is 6.30. The van der Waals surface area contributed by atoms with E-state index in [2.05, 4.69) is 23.5 Å². The third-order valence-corrected chi connectivity index (χ3v) is 5.00. The summed E-state index contributed by atoms with van der Waals surface area (Å²) in [5, 5.41) is 3.55. The van der Waals surface area contributed by atoms with Gasteiger partial charge in [-0.25, -0.2) is 0 Å². The standard InChI is InChI=1S/C21H25ClN2O2/c22-19-9-6-10-20(13-19)26-16-21(25)23-14-17-7-2-3-8-18(17)15-24-11-4-1-5-12-24/h2-3,6-10,13H,1,4-5,11-12,14-16H2,(H,23,25)/p+1. The summed E-state index contributed by atoms with van der Waals surface area (Å²) in [6.07, 6.45) is 3.98. The second kappa shape index (κ2) is 9.60. The minimum absolute atomic E-state index is 0.0140. The highest BCUT2D eigenvalue weighted by Gasteiger charge is 2.15. The van der Waals surface area contributed by atoms with E-state index in [0.717, 1.165) is 6.54 Å². The predicted molar refractivity (Wildman–Crippen MR) is 103 cm³/mol. The molecule has 0 unspecified atom stereocenters. The summed E-state index contributed by atoms with van der Waals surface area (Å²) in [6.45, 7) is 4.04. The molecule has 0 bridgehead atoms. The molecule has 26 heavy (non-hydrogen) atoms. The summed E-state index contributed by atoms with van der Waals surface area (Å²) in [7, 11) is 0. The molecule has 2 aromatic carbocycles. The molecule has 0 spiro atoms. The van der Waals surface area contributed by atoms with Gasteiger partial charge in [-0.3, -0.25) is 4.79 Å². The molecular weight excluding hydrogens is 348 g/mol. The van der Waals surface area contributed by atoms with Crippen LogP contribution in [0.3, 0.4) is 0 Å². The van der Waals surface area contributed by atoms with Crippen molar-refractivity contribution in [1.29, 1.82) is 0 Å². The van der Waals surface area contributed by atoms with Crippen molar-refractivity contribution in [3.05, 3.63) is 64.7 Å². The summed E-state index contributed by atoms with van der Waals surface area (Å²) in [5.41, 5.74) is 2.50. The Morgan fingerprint density at radius 3 is 2.58 bits per heavy atom. The van der Waals surface area contributed by atoms with Crippen LogP contribution in [0, 0.1) is 0 Å². The maximum absolute atomic E-state index is 12.1. The van der Waals surface area contributed by atoms with Gasteiger partial charge in [-0.2, -0.15) is 0 Å². The molecule has 0 radical (unpaired) electrons. The summed E-state index contributed by atoms with van der Waals surface area (Å²) in [5.74, 6) is 0.465. The second-order valence-electron chi connectivity index (χ2n) is 6.78. The summed E-state index contributed by atoms with van der Waals surface area (Å²) < 4.78 is 5.49. The van der Waals surface area contributed by atoms with Crippen molar-refractivity contribution < 1.29 is 14.4 Å². The van der Waals surface area contributed by atoms with Crippen LogP contribution < -0.4 is 15.0 Å². The molecule has 4 nitrogen and oxygen atoms in total. The quantitative estimate of drug-likeness (QED) is 0.783. The molecular formula is C21H26ClN2O2+. The molecule has 3 rings (SSSR count). The molecule has 0 atom stereocenters. The number of rotatable bonds is 7. The average Bonchev–Trinajstić information content (AvgIpc) is 2.66. The first-order valence-corrected chi connectivity index (χ1v) is 9.64. The lowest BCUT2D eigenvalue weighted by Gasteiger charge is -2.24. The molecule has 1 amide bonds. The van der Waals surface area contributed by atoms with Crippen LogP contribution in [-0.2, 0) is 17.9 Å². The summed E-state index contributed by atoms with van der Waals surface area (Å²) >= 11 is 5.92. The van der Waals surface area contributed by atoms with E-state index >= 15 is 0 Å².